The number of hydrogen-bond acceptors (Lipinski definition) is 3. The molecular weight excluding hydrogens is 390 g/mol. The van der Waals surface area contributed by atoms with Gasteiger partial charge in [-0.05, 0) is 63.2 Å². The fourth-order valence-electron chi connectivity index (χ4n) is 4.20. The number of allylic oxidation sites excluding steroid dienone is 2. The molecule has 156 valence electrons. The number of carbonyl (C=O) groups is 2. The number of amides is 1. The molecule has 4 rings (SSSR count). The summed E-state index contributed by atoms with van der Waals surface area (Å²) in [6.07, 6.45) is 2.88. The molecule has 0 radical (unpaired) electrons. The molecule has 3 aromatic carbocycles. The molecule has 1 aliphatic carbocycles. The first-order valence-electron chi connectivity index (χ1n) is 10.2. The van der Waals surface area contributed by atoms with Crippen molar-refractivity contribution >= 4 is 39.9 Å². The van der Waals surface area contributed by atoms with E-state index < -0.39 is 18.5 Å². The van der Waals surface area contributed by atoms with Gasteiger partial charge in [0.05, 0.1) is 6.42 Å². The van der Waals surface area contributed by atoms with Crippen LogP contribution < -0.4 is 10.5 Å². The van der Waals surface area contributed by atoms with Crippen LogP contribution in [0.15, 0.2) is 66.2 Å². The SMILES string of the molecule is CCC1=C(CC(N)=O)c2c(OCC(=O)O)cccc2/C1=C\c1ccc2ccccc2c1. The van der Waals surface area contributed by atoms with E-state index in [0.29, 0.717) is 12.2 Å². The van der Waals surface area contributed by atoms with Gasteiger partial charge in [-0.25, -0.2) is 4.79 Å². The predicted octanol–water partition coefficient (Wildman–Crippen LogP) is 4.90. The van der Waals surface area contributed by atoms with E-state index in [1.54, 1.807) is 6.07 Å². The average molecular weight is 413 g/mol. The Kier molecular flexibility index (Phi) is 5.58. The van der Waals surface area contributed by atoms with Gasteiger partial charge < -0.3 is 15.6 Å². The maximum atomic E-state index is 11.8. The number of primary amides is 1. The number of ether oxygens (including phenoxy) is 1. The highest BCUT2D eigenvalue weighted by molar-refractivity contribution is 6.09. The van der Waals surface area contributed by atoms with Crippen molar-refractivity contribution in [3.05, 3.63) is 82.9 Å². The van der Waals surface area contributed by atoms with Gasteiger partial charge in [-0.3, -0.25) is 4.79 Å². The lowest BCUT2D eigenvalue weighted by atomic mass is 9.97. The molecule has 0 fully saturated rings. The van der Waals surface area contributed by atoms with Crippen LogP contribution in [-0.4, -0.2) is 23.6 Å². The van der Waals surface area contributed by atoms with Crippen molar-refractivity contribution in [1.29, 1.82) is 0 Å². The molecule has 5 nitrogen and oxygen atoms in total. The third kappa shape index (κ3) is 4.08. The Morgan fingerprint density at radius 1 is 1.00 bits per heavy atom. The second kappa shape index (κ2) is 8.48. The number of nitrogens with two attached hydrogens (primary N) is 1. The summed E-state index contributed by atoms with van der Waals surface area (Å²) in [6, 6.07) is 20.0. The smallest absolute Gasteiger partial charge is 0.341 e. The molecule has 3 aromatic rings. The molecule has 0 bridgehead atoms. The Hall–Kier alpha value is -3.86. The summed E-state index contributed by atoms with van der Waals surface area (Å²) in [4.78, 5) is 22.9. The first kappa shape index (κ1) is 20.4. The Morgan fingerprint density at radius 2 is 1.77 bits per heavy atom. The van der Waals surface area contributed by atoms with Crippen molar-refractivity contribution in [3.8, 4) is 5.75 Å². The van der Waals surface area contributed by atoms with E-state index in [2.05, 4.69) is 36.4 Å². The van der Waals surface area contributed by atoms with E-state index in [1.807, 2.05) is 31.2 Å². The number of rotatable bonds is 7. The molecule has 0 heterocycles. The summed E-state index contributed by atoms with van der Waals surface area (Å²) in [5.74, 6) is -1.05. The first-order chi connectivity index (χ1) is 15.0. The zero-order valence-corrected chi connectivity index (χ0v) is 17.2. The maximum absolute atomic E-state index is 11.8. The molecule has 5 heteroatoms. The summed E-state index contributed by atoms with van der Waals surface area (Å²) in [6.45, 7) is 1.58. The van der Waals surface area contributed by atoms with Crippen LogP contribution in [-0.2, 0) is 9.59 Å². The fourth-order valence-corrected chi connectivity index (χ4v) is 4.20. The maximum Gasteiger partial charge on any atom is 0.341 e. The van der Waals surface area contributed by atoms with Crippen molar-refractivity contribution in [2.45, 2.75) is 19.8 Å². The molecule has 0 aliphatic heterocycles. The molecule has 3 N–H and O–H groups in total. The molecule has 0 aromatic heterocycles. The van der Waals surface area contributed by atoms with E-state index in [9.17, 15) is 9.59 Å². The zero-order valence-electron chi connectivity index (χ0n) is 17.2. The van der Waals surface area contributed by atoms with Crippen molar-refractivity contribution in [2.75, 3.05) is 6.61 Å². The molecule has 0 saturated carbocycles. The molecule has 1 amide bonds. The number of carbonyl (C=O) groups excluding carboxylic acids is 1. The minimum absolute atomic E-state index is 0.0681. The van der Waals surface area contributed by atoms with Crippen LogP contribution in [0.4, 0.5) is 0 Å². The topological polar surface area (TPSA) is 89.6 Å². The summed E-state index contributed by atoms with van der Waals surface area (Å²) in [7, 11) is 0. The van der Waals surface area contributed by atoms with E-state index in [0.717, 1.165) is 38.8 Å². The van der Waals surface area contributed by atoms with Gasteiger partial charge in [0, 0.05) is 5.56 Å². The van der Waals surface area contributed by atoms with E-state index in [4.69, 9.17) is 15.6 Å². The van der Waals surface area contributed by atoms with Crippen molar-refractivity contribution in [2.24, 2.45) is 5.73 Å². The van der Waals surface area contributed by atoms with Gasteiger partial charge in [0.1, 0.15) is 5.75 Å². The van der Waals surface area contributed by atoms with E-state index in [1.165, 1.54) is 5.39 Å². The lowest BCUT2D eigenvalue weighted by Gasteiger charge is -2.12. The van der Waals surface area contributed by atoms with Crippen LogP contribution >= 0.6 is 0 Å². The first-order valence-corrected chi connectivity index (χ1v) is 10.2. The third-order valence-corrected chi connectivity index (χ3v) is 5.45. The Labute approximate surface area is 180 Å². The second-order valence-electron chi connectivity index (χ2n) is 7.48. The van der Waals surface area contributed by atoms with Crippen LogP contribution in [0.5, 0.6) is 5.75 Å². The van der Waals surface area contributed by atoms with Crippen molar-refractivity contribution < 1.29 is 19.4 Å². The zero-order chi connectivity index (χ0) is 22.0. The Bertz CT molecular complexity index is 1250. The predicted molar refractivity (Wildman–Crippen MR) is 122 cm³/mol. The van der Waals surface area contributed by atoms with Crippen molar-refractivity contribution in [3.63, 3.8) is 0 Å². The highest BCUT2D eigenvalue weighted by Gasteiger charge is 2.29. The van der Waals surface area contributed by atoms with Crippen LogP contribution in [0, 0.1) is 0 Å². The normalized spacial score (nSPS) is 14.2. The molecular formula is C26H23NO4. The second-order valence-corrected chi connectivity index (χ2v) is 7.48. The fraction of sp³-hybridized carbons (Fsp3) is 0.154. The quantitative estimate of drug-likeness (QED) is 0.577. The van der Waals surface area contributed by atoms with Gasteiger partial charge in [-0.15, -0.1) is 0 Å². The molecule has 0 spiro atoms. The van der Waals surface area contributed by atoms with E-state index >= 15 is 0 Å². The minimum Gasteiger partial charge on any atom is -0.481 e. The largest absolute Gasteiger partial charge is 0.481 e. The number of carboxylic acid groups (broad SMARTS) is 1. The molecule has 0 atom stereocenters. The monoisotopic (exact) mass is 413 g/mol. The summed E-state index contributed by atoms with van der Waals surface area (Å²) < 4.78 is 5.56. The number of fused-ring (bicyclic) bond motifs is 2. The van der Waals surface area contributed by atoms with Gasteiger partial charge in [0.15, 0.2) is 6.61 Å². The highest BCUT2D eigenvalue weighted by Crippen LogP contribution is 2.48. The summed E-state index contributed by atoms with van der Waals surface area (Å²) >= 11 is 0. The van der Waals surface area contributed by atoms with Crippen molar-refractivity contribution in [1.82, 2.24) is 0 Å². The number of carboxylic acids is 1. The van der Waals surface area contributed by atoms with Crippen LogP contribution in [0.1, 0.15) is 36.5 Å². The molecule has 0 saturated heterocycles. The minimum atomic E-state index is -1.06. The molecule has 1 aliphatic rings. The number of benzene rings is 3. The molecule has 31 heavy (non-hydrogen) atoms. The lowest BCUT2D eigenvalue weighted by Crippen LogP contribution is -2.13. The van der Waals surface area contributed by atoms with Gasteiger partial charge in [0.25, 0.3) is 0 Å². The van der Waals surface area contributed by atoms with Gasteiger partial charge in [-0.1, -0.05) is 55.5 Å². The van der Waals surface area contributed by atoms with Gasteiger partial charge >= 0.3 is 5.97 Å². The summed E-state index contributed by atoms with van der Waals surface area (Å²) in [5, 5.41) is 11.4. The Balaban J connectivity index is 1.89. The van der Waals surface area contributed by atoms with Gasteiger partial charge in [-0.2, -0.15) is 0 Å². The number of hydrogen-bond donors (Lipinski definition) is 2. The number of aliphatic carboxylic acids is 1. The van der Waals surface area contributed by atoms with Crippen LogP contribution in [0.25, 0.3) is 28.0 Å². The highest BCUT2D eigenvalue weighted by atomic mass is 16.5. The van der Waals surface area contributed by atoms with E-state index in [-0.39, 0.29) is 6.42 Å². The lowest BCUT2D eigenvalue weighted by molar-refractivity contribution is -0.139. The third-order valence-electron chi connectivity index (χ3n) is 5.45. The average Bonchev–Trinajstić information content (AvgIpc) is 3.04. The van der Waals surface area contributed by atoms with Crippen LogP contribution in [0.3, 0.4) is 0 Å². The summed E-state index contributed by atoms with van der Waals surface area (Å²) in [5.41, 5.74) is 11.1. The molecule has 0 unspecified atom stereocenters. The standard InChI is InChI=1S/C26H23NO4/c1-2-19-21(13-16-10-11-17-6-3-4-7-18(17)12-16)20-8-5-9-23(31-15-25(29)30)26(20)22(19)14-24(27)28/h3-13H,2,14-15H2,1H3,(H2,27,28)(H,29,30)/b21-13-. The van der Waals surface area contributed by atoms with Gasteiger partial charge in [0.2, 0.25) is 5.91 Å². The van der Waals surface area contributed by atoms with Crippen LogP contribution in [0.2, 0.25) is 0 Å². The Morgan fingerprint density at radius 3 is 2.48 bits per heavy atom.